The summed E-state index contributed by atoms with van der Waals surface area (Å²) in [4.78, 5) is 0. The van der Waals surface area contributed by atoms with E-state index in [9.17, 15) is 0 Å². The molecule has 0 saturated heterocycles. The van der Waals surface area contributed by atoms with Crippen LogP contribution in [-0.2, 0) is 0 Å². The molecule has 1 heterocycles. The molecule has 0 saturated carbocycles. The maximum Gasteiger partial charge on any atom is -0.00644 e. The van der Waals surface area contributed by atoms with Gasteiger partial charge in [-0.25, -0.2) is 0 Å². The molecule has 54 valence electrons. The molecule has 9 heavy (non-hydrogen) atoms. The lowest BCUT2D eigenvalue weighted by atomic mass is 10.6. The third-order valence-electron chi connectivity index (χ3n) is 0.837. The third kappa shape index (κ3) is 2.24. The zero-order chi connectivity index (χ0) is 7.24. The zero-order valence-corrected chi connectivity index (χ0v) is 8.07. The van der Waals surface area contributed by atoms with E-state index in [4.69, 9.17) is 42.7 Å². The Balaban J connectivity index is 3.30. The van der Waals surface area contributed by atoms with Crippen molar-refractivity contribution >= 4 is 47.9 Å². The fraction of sp³-hybridized carbons (Fsp3) is 0. The largest absolute Gasteiger partial charge is 0.0538 e. The molecular weight excluding hydrogens is 222 g/mol. The molecule has 1 aliphatic rings. The van der Waals surface area contributed by atoms with Gasteiger partial charge in [0, 0.05) is 0 Å². The van der Waals surface area contributed by atoms with Crippen LogP contribution in [0.2, 0.25) is 0 Å². The molecule has 0 amide bonds. The minimum Gasteiger partial charge on any atom is -0.0538 e. The quantitative estimate of drug-likeness (QED) is 0.569. The van der Waals surface area contributed by atoms with Crippen molar-refractivity contribution in [3.05, 3.63) is 23.0 Å². The number of hydrogen-bond donors (Lipinski definition) is 0. The highest BCUT2D eigenvalue weighted by atomic mass is 36.4. The van der Waals surface area contributed by atoms with E-state index in [0.29, 0.717) is 0 Å². The summed E-state index contributed by atoms with van der Waals surface area (Å²) >= 11 is 0. The highest BCUT2D eigenvalue weighted by Gasteiger charge is 2.50. The van der Waals surface area contributed by atoms with Crippen molar-refractivity contribution in [1.29, 1.82) is 0 Å². The first-order chi connectivity index (χ1) is 3.71. The van der Waals surface area contributed by atoms with E-state index >= 15 is 0 Å². The van der Waals surface area contributed by atoms with Gasteiger partial charge in [-0.1, -0.05) is 12.2 Å². The fourth-order valence-corrected chi connectivity index (χ4v) is 2.82. The first-order valence-electron chi connectivity index (χ1n) is 2.09. The van der Waals surface area contributed by atoms with Gasteiger partial charge in [-0.2, -0.15) is 0 Å². The van der Waals surface area contributed by atoms with Gasteiger partial charge in [0.2, 0.25) is 0 Å². The molecule has 0 N–H and O–H groups in total. The number of allylic oxidation sites excluding steroid dienone is 2. The maximum absolute atomic E-state index is 5.72. The Bertz CT molecular complexity index is 187. The van der Waals surface area contributed by atoms with Gasteiger partial charge < -0.3 is 0 Å². The van der Waals surface area contributed by atoms with Crippen molar-refractivity contribution in [3.63, 3.8) is 0 Å². The molecule has 0 nitrogen and oxygen atoms in total. The van der Waals surface area contributed by atoms with E-state index in [1.807, 2.05) is 0 Å². The Kier molecular flexibility index (Phi) is 1.29. The van der Waals surface area contributed by atoms with Gasteiger partial charge in [-0.15, -0.1) is 0 Å². The van der Waals surface area contributed by atoms with Crippen molar-refractivity contribution < 1.29 is 0 Å². The molecule has 0 atom stereocenters. The van der Waals surface area contributed by atoms with Crippen molar-refractivity contribution in [2.24, 2.45) is 0 Å². The van der Waals surface area contributed by atoms with Crippen LogP contribution in [0, 0.1) is 0 Å². The highest BCUT2D eigenvalue weighted by molar-refractivity contribution is 9.16. The average molecular weight is 226 g/mol. The smallest absolute Gasteiger partial charge is 0.00644 e. The lowest BCUT2D eigenvalue weighted by Crippen LogP contribution is -1.92. The molecule has 0 bridgehead atoms. The van der Waals surface area contributed by atoms with Crippen LogP contribution in [-0.4, -0.2) is 0 Å². The third-order valence-corrected chi connectivity index (χ3v) is 4.76. The normalized spacial score (nSPS) is 40.4. The molecule has 0 aromatic rings. The Labute approximate surface area is 70.7 Å². The van der Waals surface area contributed by atoms with Crippen LogP contribution < -0.4 is 0 Å². The molecule has 0 unspecified atom stereocenters. The Morgan fingerprint density at radius 3 is 1.22 bits per heavy atom. The summed E-state index contributed by atoms with van der Waals surface area (Å²) in [5, 5.41) is -1.07. The van der Waals surface area contributed by atoms with E-state index < -0.39 is 5.15 Å². The second kappa shape index (κ2) is 1.44. The second-order valence-corrected chi connectivity index (χ2v) is 17.5. The SMILES string of the molecule is ClS1(Cl)(Cl)(Cl)C=CC=C1. The Morgan fingerprint density at radius 1 is 0.778 bits per heavy atom. The van der Waals surface area contributed by atoms with Gasteiger partial charge in [0.1, 0.15) is 0 Å². The van der Waals surface area contributed by atoms with Crippen LogP contribution in [0.1, 0.15) is 0 Å². The minimum atomic E-state index is -3.89. The summed E-state index contributed by atoms with van der Waals surface area (Å²) in [5.74, 6) is 0. The Morgan fingerprint density at radius 2 is 1.11 bits per heavy atom. The van der Waals surface area contributed by atoms with Crippen LogP contribution >= 0.6 is 47.9 Å². The van der Waals surface area contributed by atoms with Gasteiger partial charge in [0.15, 0.2) is 0 Å². The fourth-order valence-electron chi connectivity index (χ4n) is 0.464. The highest BCUT2D eigenvalue weighted by Crippen LogP contribution is 3.08. The van der Waals surface area contributed by atoms with Gasteiger partial charge in [0.25, 0.3) is 0 Å². The minimum absolute atomic E-state index is 1.41. The summed E-state index contributed by atoms with van der Waals surface area (Å²) in [6.45, 7) is 0. The van der Waals surface area contributed by atoms with Gasteiger partial charge in [-0.3, -0.25) is 0 Å². The molecule has 1 rings (SSSR count). The first kappa shape index (κ1) is 8.09. The standard InChI is InChI=1S/C4H4Cl4S/c5-9(6,7,8)3-1-2-4-9/h1-4H. The van der Waals surface area contributed by atoms with Crippen LogP contribution in [0.15, 0.2) is 23.0 Å². The van der Waals surface area contributed by atoms with Crippen LogP contribution in [0.5, 0.6) is 0 Å². The Hall–Kier alpha value is 0.990. The first-order valence-corrected chi connectivity index (χ1v) is 7.97. The van der Waals surface area contributed by atoms with E-state index in [2.05, 4.69) is 0 Å². The number of hydrogen-bond acceptors (Lipinski definition) is 0. The molecule has 1 aliphatic heterocycles. The van der Waals surface area contributed by atoms with E-state index in [-0.39, 0.29) is 0 Å². The molecular formula is C4H4Cl4S. The van der Waals surface area contributed by atoms with Crippen LogP contribution in [0.25, 0.3) is 0 Å². The summed E-state index contributed by atoms with van der Waals surface area (Å²) < 4.78 is 0. The van der Waals surface area contributed by atoms with E-state index in [1.54, 1.807) is 12.2 Å². The lowest BCUT2D eigenvalue weighted by molar-refractivity contribution is 2.15. The molecule has 0 radical (unpaired) electrons. The van der Waals surface area contributed by atoms with E-state index in [0.717, 1.165) is 0 Å². The second-order valence-electron chi connectivity index (χ2n) is 1.86. The predicted octanol–water partition coefficient (Wildman–Crippen LogP) is 4.52. The topological polar surface area (TPSA) is 0 Å². The monoisotopic (exact) mass is 224 g/mol. The summed E-state index contributed by atoms with van der Waals surface area (Å²) in [7, 11) is 22.9. The van der Waals surface area contributed by atoms with Crippen molar-refractivity contribution in [2.75, 3.05) is 0 Å². The van der Waals surface area contributed by atoms with Crippen LogP contribution in [0.3, 0.4) is 0 Å². The number of rotatable bonds is 0. The molecule has 0 aromatic carbocycles. The molecule has 5 heteroatoms. The number of halogens is 4. The zero-order valence-electron chi connectivity index (χ0n) is 4.23. The van der Waals surface area contributed by atoms with Crippen molar-refractivity contribution in [2.45, 2.75) is 0 Å². The predicted molar refractivity (Wildman–Crippen MR) is 49.3 cm³/mol. The molecule has 0 aliphatic carbocycles. The van der Waals surface area contributed by atoms with Gasteiger partial charge in [0.05, 0.1) is 0 Å². The molecule has 0 aromatic heterocycles. The summed E-state index contributed by atoms with van der Waals surface area (Å²) in [6.07, 6.45) is 3.25. The van der Waals surface area contributed by atoms with Gasteiger partial charge in [-0.05, 0) is 58.7 Å². The van der Waals surface area contributed by atoms with E-state index in [1.165, 1.54) is 10.8 Å². The van der Waals surface area contributed by atoms with Crippen molar-refractivity contribution in [1.82, 2.24) is 0 Å². The molecule has 0 spiro atoms. The summed E-state index contributed by atoms with van der Waals surface area (Å²) in [5.41, 5.74) is 0. The average Bonchev–Trinajstić information content (AvgIpc) is 1.77. The van der Waals surface area contributed by atoms with Crippen molar-refractivity contribution in [3.8, 4) is 0 Å². The maximum atomic E-state index is 5.72. The summed E-state index contributed by atoms with van der Waals surface area (Å²) in [6, 6.07) is 0. The molecule has 0 fully saturated rings. The van der Waals surface area contributed by atoms with Gasteiger partial charge >= 0.3 is 0 Å². The van der Waals surface area contributed by atoms with Crippen LogP contribution in [0.4, 0.5) is 0 Å². The lowest BCUT2D eigenvalue weighted by Gasteiger charge is -2.49.